The average Bonchev–Trinajstić information content (AvgIpc) is 3.00. The van der Waals surface area contributed by atoms with E-state index in [9.17, 15) is 9.59 Å². The van der Waals surface area contributed by atoms with E-state index in [1.54, 1.807) is 43.3 Å². The van der Waals surface area contributed by atoms with Crippen LogP contribution in [0.2, 0.25) is 10.0 Å². The first-order valence-electron chi connectivity index (χ1n) is 9.04. The molecule has 0 N–H and O–H groups in total. The third-order valence-electron chi connectivity index (χ3n) is 4.08. The molecule has 1 saturated heterocycles. The van der Waals surface area contributed by atoms with Crippen LogP contribution in [0, 0.1) is 0 Å². The second-order valence-electron chi connectivity index (χ2n) is 6.10. The number of ether oxygens (including phenoxy) is 3. The molecule has 1 amide bonds. The molecule has 1 aliphatic heterocycles. The van der Waals surface area contributed by atoms with Crippen molar-refractivity contribution in [1.29, 1.82) is 0 Å². The van der Waals surface area contributed by atoms with Gasteiger partial charge in [-0.15, -0.1) is 0 Å². The highest BCUT2D eigenvalue weighted by Gasteiger charge is 2.34. The Morgan fingerprint density at radius 3 is 2.55 bits per heavy atom. The van der Waals surface area contributed by atoms with Crippen LogP contribution in [-0.4, -0.2) is 36.5 Å². The van der Waals surface area contributed by atoms with Crippen LogP contribution in [0.25, 0.3) is 6.08 Å². The Bertz CT molecular complexity index is 1050. The number of hydrogen-bond donors (Lipinski definition) is 0. The van der Waals surface area contributed by atoms with Crippen molar-refractivity contribution in [3.63, 3.8) is 0 Å². The van der Waals surface area contributed by atoms with Crippen molar-refractivity contribution in [1.82, 2.24) is 0 Å². The lowest BCUT2D eigenvalue weighted by atomic mass is 10.2. The molecule has 1 fully saturated rings. The number of carbonyl (C=O) groups is 2. The molecule has 0 aromatic heterocycles. The Morgan fingerprint density at radius 2 is 1.90 bits per heavy atom. The van der Waals surface area contributed by atoms with Crippen LogP contribution in [0.3, 0.4) is 0 Å². The SMILES string of the molecule is CCOC(=O)COc1c(Cl)cc(C=C2SC(=S)N(c3ccccc3OC)C2=O)cc1Cl. The first kappa shape index (κ1) is 23.4. The molecule has 3 rings (SSSR count). The highest BCUT2D eigenvalue weighted by atomic mass is 35.5. The van der Waals surface area contributed by atoms with Crippen LogP contribution in [-0.2, 0) is 14.3 Å². The molecule has 6 nitrogen and oxygen atoms in total. The molecule has 1 heterocycles. The molecular formula is C21H17Cl2NO5S2. The molecule has 0 saturated carbocycles. The van der Waals surface area contributed by atoms with Gasteiger partial charge in [-0.3, -0.25) is 9.69 Å². The van der Waals surface area contributed by atoms with Crippen LogP contribution in [0.5, 0.6) is 11.5 Å². The van der Waals surface area contributed by atoms with Gasteiger partial charge in [-0.2, -0.15) is 0 Å². The number of anilines is 1. The normalized spacial score (nSPS) is 14.8. The van der Waals surface area contributed by atoms with E-state index in [0.29, 0.717) is 26.2 Å². The van der Waals surface area contributed by atoms with Gasteiger partial charge in [-0.25, -0.2) is 4.79 Å². The van der Waals surface area contributed by atoms with E-state index in [2.05, 4.69) is 0 Å². The fourth-order valence-electron chi connectivity index (χ4n) is 2.78. The lowest BCUT2D eigenvalue weighted by Gasteiger charge is -2.17. The number of halogens is 2. The van der Waals surface area contributed by atoms with Crippen molar-refractivity contribution in [3.8, 4) is 11.5 Å². The molecular weight excluding hydrogens is 481 g/mol. The van der Waals surface area contributed by atoms with Crippen LogP contribution in [0.4, 0.5) is 5.69 Å². The number of para-hydroxylation sites is 2. The summed E-state index contributed by atoms with van der Waals surface area (Å²) in [4.78, 5) is 26.3. The first-order valence-corrected chi connectivity index (χ1v) is 11.0. The van der Waals surface area contributed by atoms with E-state index in [4.69, 9.17) is 49.6 Å². The van der Waals surface area contributed by atoms with Crippen molar-refractivity contribution < 1.29 is 23.8 Å². The van der Waals surface area contributed by atoms with E-state index in [1.165, 1.54) is 12.0 Å². The fraction of sp³-hybridized carbons (Fsp3) is 0.190. The molecule has 2 aromatic carbocycles. The van der Waals surface area contributed by atoms with Crippen molar-refractivity contribution in [2.45, 2.75) is 6.92 Å². The van der Waals surface area contributed by atoms with Crippen molar-refractivity contribution in [3.05, 3.63) is 56.9 Å². The Hall–Kier alpha value is -2.26. The highest BCUT2D eigenvalue weighted by molar-refractivity contribution is 8.27. The molecule has 0 aliphatic carbocycles. The van der Waals surface area contributed by atoms with Crippen molar-refractivity contribution >= 4 is 75.1 Å². The summed E-state index contributed by atoms with van der Waals surface area (Å²) in [6.45, 7) is 1.63. The Kier molecular flexibility index (Phi) is 7.83. The van der Waals surface area contributed by atoms with Gasteiger partial charge in [0, 0.05) is 0 Å². The van der Waals surface area contributed by atoms with Gasteiger partial charge in [0.05, 0.1) is 34.4 Å². The van der Waals surface area contributed by atoms with Crippen LogP contribution in [0.1, 0.15) is 12.5 Å². The lowest BCUT2D eigenvalue weighted by molar-refractivity contribution is -0.145. The molecule has 0 radical (unpaired) electrons. The maximum atomic E-state index is 13.0. The van der Waals surface area contributed by atoms with E-state index in [0.717, 1.165) is 11.8 Å². The zero-order valence-corrected chi connectivity index (χ0v) is 19.7. The highest BCUT2D eigenvalue weighted by Crippen LogP contribution is 2.41. The number of methoxy groups -OCH3 is 1. The predicted octanol–water partition coefficient (Wildman–Crippen LogP) is 5.35. The minimum absolute atomic E-state index is 0.162. The number of thioether (sulfide) groups is 1. The molecule has 0 bridgehead atoms. The number of benzene rings is 2. The van der Waals surface area contributed by atoms with Crippen LogP contribution < -0.4 is 14.4 Å². The van der Waals surface area contributed by atoms with Crippen molar-refractivity contribution in [2.75, 3.05) is 25.2 Å². The fourth-order valence-corrected chi connectivity index (χ4v) is 4.67. The summed E-state index contributed by atoms with van der Waals surface area (Å²) in [6, 6.07) is 10.3. The molecule has 0 atom stereocenters. The largest absolute Gasteiger partial charge is 0.495 e. The Morgan fingerprint density at radius 1 is 1.23 bits per heavy atom. The summed E-state index contributed by atoms with van der Waals surface area (Å²) in [5, 5.41) is 0.395. The zero-order valence-electron chi connectivity index (χ0n) is 16.5. The van der Waals surface area contributed by atoms with E-state index in [-0.39, 0.29) is 34.9 Å². The topological polar surface area (TPSA) is 65.1 Å². The van der Waals surface area contributed by atoms with Crippen LogP contribution >= 0.6 is 47.2 Å². The number of carbonyl (C=O) groups excluding carboxylic acids is 2. The lowest BCUT2D eigenvalue weighted by Crippen LogP contribution is -2.27. The maximum absolute atomic E-state index is 13.0. The average molecular weight is 498 g/mol. The third-order valence-corrected chi connectivity index (χ3v) is 5.94. The standard InChI is InChI=1S/C21H17Cl2NO5S2/c1-3-28-18(25)11-29-19-13(22)8-12(9-14(19)23)10-17-20(26)24(21(30)31-17)15-6-4-5-7-16(15)27-2/h4-10H,3,11H2,1-2H3. The third kappa shape index (κ3) is 5.33. The summed E-state index contributed by atoms with van der Waals surface area (Å²) >= 11 is 19.1. The van der Waals surface area contributed by atoms with Gasteiger partial charge in [-0.1, -0.05) is 59.3 Å². The summed E-state index contributed by atoms with van der Waals surface area (Å²) in [5.41, 5.74) is 1.15. The molecule has 162 valence electrons. The smallest absolute Gasteiger partial charge is 0.344 e. The van der Waals surface area contributed by atoms with Gasteiger partial charge < -0.3 is 14.2 Å². The van der Waals surface area contributed by atoms with Crippen molar-refractivity contribution in [2.24, 2.45) is 0 Å². The van der Waals surface area contributed by atoms with E-state index >= 15 is 0 Å². The zero-order chi connectivity index (χ0) is 22.5. The second-order valence-corrected chi connectivity index (χ2v) is 8.59. The first-order chi connectivity index (χ1) is 14.8. The quantitative estimate of drug-likeness (QED) is 0.290. The number of hydrogen-bond acceptors (Lipinski definition) is 7. The van der Waals surface area contributed by atoms with Gasteiger partial charge in [-0.05, 0) is 42.8 Å². The maximum Gasteiger partial charge on any atom is 0.344 e. The summed E-state index contributed by atoms with van der Waals surface area (Å²) in [5.74, 6) is -0.113. The molecule has 1 aliphatic rings. The monoisotopic (exact) mass is 497 g/mol. The van der Waals surface area contributed by atoms with Gasteiger partial charge in [0.1, 0.15) is 5.75 Å². The molecule has 0 spiro atoms. The van der Waals surface area contributed by atoms with Gasteiger partial charge in [0.2, 0.25) is 0 Å². The molecule has 31 heavy (non-hydrogen) atoms. The number of amides is 1. The summed E-state index contributed by atoms with van der Waals surface area (Å²) < 4.78 is 15.9. The number of thiocarbonyl (C=S) groups is 1. The van der Waals surface area contributed by atoms with E-state index < -0.39 is 5.97 Å². The number of esters is 1. The molecule has 0 unspecified atom stereocenters. The van der Waals surface area contributed by atoms with Gasteiger partial charge >= 0.3 is 5.97 Å². The predicted molar refractivity (Wildman–Crippen MR) is 127 cm³/mol. The summed E-state index contributed by atoms with van der Waals surface area (Å²) in [7, 11) is 1.53. The summed E-state index contributed by atoms with van der Waals surface area (Å²) in [6.07, 6.45) is 1.64. The molecule has 2 aromatic rings. The number of rotatable bonds is 7. The number of nitrogens with zero attached hydrogens (tertiary/aromatic N) is 1. The van der Waals surface area contributed by atoms with E-state index in [1.807, 2.05) is 6.07 Å². The Balaban J connectivity index is 1.84. The Labute approximate surface area is 199 Å². The van der Waals surface area contributed by atoms with Crippen LogP contribution in [0.15, 0.2) is 41.3 Å². The molecule has 10 heteroatoms. The minimum Gasteiger partial charge on any atom is -0.495 e. The second kappa shape index (κ2) is 10.4. The van der Waals surface area contributed by atoms with Gasteiger partial charge in [0.15, 0.2) is 16.7 Å². The van der Waals surface area contributed by atoms with Gasteiger partial charge in [0.25, 0.3) is 5.91 Å². The minimum atomic E-state index is -0.529.